The van der Waals surface area contributed by atoms with Gasteiger partial charge in [-0.3, -0.25) is 38.7 Å². The molecule has 0 saturated carbocycles. The second-order valence-corrected chi connectivity index (χ2v) is 13.5. The summed E-state index contributed by atoms with van der Waals surface area (Å²) in [7, 11) is 6.37. The van der Waals surface area contributed by atoms with Gasteiger partial charge in [-0.15, -0.1) is 23.2 Å². The smallest absolute Gasteiger partial charge is 0.275 e. The fourth-order valence-corrected chi connectivity index (χ4v) is 6.17. The van der Waals surface area contributed by atoms with E-state index in [1.807, 2.05) is 4.90 Å². The Hall–Kier alpha value is -6.60. The molecule has 0 aliphatic heterocycles. The van der Waals surface area contributed by atoms with Gasteiger partial charge < -0.3 is 46.4 Å². The Bertz CT molecular complexity index is 2300. The zero-order valence-corrected chi connectivity index (χ0v) is 33.0. The molecule has 8 N–H and O–H groups in total. The minimum absolute atomic E-state index is 0.0438. The monoisotopic (exact) mass is 820 g/mol. The summed E-state index contributed by atoms with van der Waals surface area (Å²) >= 11 is 11.8. The summed E-state index contributed by atoms with van der Waals surface area (Å²) in [5.41, 5.74) is 8.02. The van der Waals surface area contributed by atoms with Crippen LogP contribution in [-0.2, 0) is 28.2 Å². The predicted molar refractivity (Wildman–Crippen MR) is 218 cm³/mol. The van der Waals surface area contributed by atoms with Gasteiger partial charge in [0.1, 0.15) is 22.8 Å². The van der Waals surface area contributed by atoms with E-state index in [0.717, 1.165) is 5.69 Å². The van der Waals surface area contributed by atoms with Gasteiger partial charge in [-0.05, 0) is 36.4 Å². The molecule has 0 saturated heterocycles. The van der Waals surface area contributed by atoms with Crippen LogP contribution in [0.5, 0.6) is 0 Å². The second-order valence-electron chi connectivity index (χ2n) is 12.8. The fraction of sp³-hybridized carbons (Fsp3) is 0.278. The van der Waals surface area contributed by atoms with Crippen LogP contribution in [0, 0.1) is 5.41 Å². The highest BCUT2D eigenvalue weighted by Gasteiger charge is 2.21. The summed E-state index contributed by atoms with van der Waals surface area (Å²) in [6.07, 6.45) is 3.35. The Labute approximate surface area is 337 Å². The number of hydrogen-bond acceptors (Lipinski definition) is 9. The first-order valence-electron chi connectivity index (χ1n) is 17.4. The van der Waals surface area contributed by atoms with Crippen LogP contribution in [0.15, 0.2) is 60.9 Å². The molecule has 0 bridgehead atoms. The van der Waals surface area contributed by atoms with E-state index in [1.165, 1.54) is 45.2 Å². The van der Waals surface area contributed by atoms with Crippen molar-refractivity contribution in [2.45, 2.75) is 6.42 Å². The van der Waals surface area contributed by atoms with Crippen molar-refractivity contribution in [3.8, 4) is 0 Å². The molecule has 5 rings (SSSR count). The number of anilines is 5. The van der Waals surface area contributed by atoms with E-state index < -0.39 is 23.6 Å². The van der Waals surface area contributed by atoms with E-state index in [4.69, 9.17) is 34.3 Å². The number of nitrogens with one attached hydrogen (secondary N) is 6. The van der Waals surface area contributed by atoms with Crippen LogP contribution in [0.2, 0.25) is 0 Å². The number of nitrogens with zero attached hydrogens (tertiary/aromatic N) is 7. The van der Waals surface area contributed by atoms with Gasteiger partial charge in [0.25, 0.3) is 29.5 Å². The van der Waals surface area contributed by atoms with E-state index in [1.54, 1.807) is 62.4 Å². The lowest BCUT2D eigenvalue weighted by Crippen LogP contribution is -2.28. The molecule has 21 heteroatoms. The van der Waals surface area contributed by atoms with Gasteiger partial charge in [0.05, 0.1) is 17.2 Å². The third-order valence-electron chi connectivity index (χ3n) is 8.58. The van der Waals surface area contributed by atoms with Gasteiger partial charge in [-0.1, -0.05) is 0 Å². The van der Waals surface area contributed by atoms with E-state index in [2.05, 4.69) is 36.8 Å². The number of aryl methyl sites for hydroxylation is 4. The molecular weight excluding hydrogens is 779 g/mol. The fourth-order valence-electron chi connectivity index (χ4n) is 5.76. The number of nitrogens with two attached hydrogens (primary N) is 1. The number of amidine groups is 1. The van der Waals surface area contributed by atoms with Crippen molar-refractivity contribution in [3.63, 3.8) is 0 Å². The molecule has 0 atom stereocenters. The van der Waals surface area contributed by atoms with Crippen LogP contribution >= 0.6 is 23.2 Å². The topological polar surface area (TPSA) is 244 Å². The second kappa shape index (κ2) is 18.4. The lowest BCUT2D eigenvalue weighted by molar-refractivity contribution is 0.0943. The zero-order chi connectivity index (χ0) is 41.4. The van der Waals surface area contributed by atoms with Crippen LogP contribution in [0.4, 0.5) is 28.7 Å². The molecule has 1 aromatic carbocycles. The van der Waals surface area contributed by atoms with Crippen molar-refractivity contribution >= 4 is 87.3 Å². The molecule has 0 spiro atoms. The molecule has 4 aromatic heterocycles. The molecular formula is C36H42Cl2N14O5. The Balaban J connectivity index is 1.17. The number of rotatable bonds is 17. The van der Waals surface area contributed by atoms with Gasteiger partial charge in [0.15, 0.2) is 11.6 Å². The summed E-state index contributed by atoms with van der Waals surface area (Å²) in [4.78, 5) is 67.1. The maximum absolute atomic E-state index is 13.3. The standard InChI is InChI=1S/C36H42Cl2N14O5/c1-48-19-22(15-25(48)33(54)41-12-9-29(39)40)42-34(55)26-16-23(20-49(26)2)43-35(56)27-17-31(47-50(27)3)45-36(57)28-18-30(46-51(28)4)44-32(53)21-5-7-24(8-6-21)52(13-10-37)14-11-38/h5-8,15-20H,9-14H2,1-4H3,(H3,39,40)(H,41,54)(H,42,55)(H,43,56)(H,44,46,53)(H,45,47,57). The summed E-state index contributed by atoms with van der Waals surface area (Å²) in [5, 5.41) is 29.3. The molecule has 0 radical (unpaired) electrons. The normalized spacial score (nSPS) is 10.8. The molecule has 4 heterocycles. The molecule has 300 valence electrons. The van der Waals surface area contributed by atoms with Crippen molar-refractivity contribution in [2.75, 3.05) is 57.6 Å². The van der Waals surface area contributed by atoms with Crippen LogP contribution in [0.3, 0.4) is 0 Å². The van der Waals surface area contributed by atoms with Gasteiger partial charge >= 0.3 is 0 Å². The lowest BCUT2D eigenvalue weighted by Gasteiger charge is -2.22. The van der Waals surface area contributed by atoms with Gasteiger partial charge in [0.2, 0.25) is 0 Å². The van der Waals surface area contributed by atoms with Crippen LogP contribution in [0.25, 0.3) is 0 Å². The van der Waals surface area contributed by atoms with Gasteiger partial charge in [-0.2, -0.15) is 10.2 Å². The van der Waals surface area contributed by atoms with E-state index in [0.29, 0.717) is 47.5 Å². The van der Waals surface area contributed by atoms with Crippen molar-refractivity contribution in [1.82, 2.24) is 34.0 Å². The summed E-state index contributed by atoms with van der Waals surface area (Å²) in [6.45, 7) is 1.42. The number of alkyl halides is 2. The van der Waals surface area contributed by atoms with Crippen molar-refractivity contribution in [2.24, 2.45) is 33.9 Å². The number of carbonyl (C=O) groups is 5. The highest BCUT2D eigenvalue weighted by Crippen LogP contribution is 2.21. The number of carbonyl (C=O) groups excluding carboxylic acids is 5. The lowest BCUT2D eigenvalue weighted by atomic mass is 10.2. The third kappa shape index (κ3) is 10.4. The SMILES string of the molecule is Cn1cc(NC(=O)c2cc(NC(=O)c3cc(NC(=O)c4cc(NC(=O)c5ccc(N(CCCl)CCCl)cc5)nn4C)nn3C)cn2C)cc1C(=O)NCCC(=N)N. The minimum atomic E-state index is -0.587. The van der Waals surface area contributed by atoms with Crippen LogP contribution in [0.1, 0.15) is 58.7 Å². The summed E-state index contributed by atoms with van der Waals surface area (Å²) in [5.74, 6) is -1.39. The largest absolute Gasteiger partial charge is 0.388 e. The Kier molecular flexibility index (Phi) is 13.4. The predicted octanol–water partition coefficient (Wildman–Crippen LogP) is 3.18. The van der Waals surface area contributed by atoms with E-state index >= 15 is 0 Å². The molecule has 57 heavy (non-hydrogen) atoms. The molecule has 0 fully saturated rings. The maximum atomic E-state index is 13.3. The average Bonchev–Trinajstić information content (AvgIpc) is 3.92. The summed E-state index contributed by atoms with van der Waals surface area (Å²) in [6, 6.07) is 12.7. The third-order valence-corrected chi connectivity index (χ3v) is 8.92. The van der Waals surface area contributed by atoms with Crippen LogP contribution < -0.4 is 37.2 Å². The first kappa shape index (κ1) is 41.6. The van der Waals surface area contributed by atoms with Crippen LogP contribution in [-0.4, -0.2) is 95.5 Å². The Morgan fingerprint density at radius 2 is 1.12 bits per heavy atom. The maximum Gasteiger partial charge on any atom is 0.275 e. The Morgan fingerprint density at radius 3 is 1.61 bits per heavy atom. The van der Waals surface area contributed by atoms with Crippen molar-refractivity contribution in [3.05, 3.63) is 89.3 Å². The number of halogens is 2. The highest BCUT2D eigenvalue weighted by atomic mass is 35.5. The van der Waals surface area contributed by atoms with E-state index in [9.17, 15) is 24.0 Å². The van der Waals surface area contributed by atoms with E-state index in [-0.39, 0.29) is 53.4 Å². The molecule has 19 nitrogen and oxygen atoms in total. The van der Waals surface area contributed by atoms with Crippen molar-refractivity contribution in [1.29, 1.82) is 5.41 Å². The summed E-state index contributed by atoms with van der Waals surface area (Å²) < 4.78 is 5.67. The number of amides is 5. The zero-order valence-electron chi connectivity index (χ0n) is 31.5. The highest BCUT2D eigenvalue weighted by molar-refractivity contribution is 6.18. The molecule has 0 aliphatic carbocycles. The first-order valence-corrected chi connectivity index (χ1v) is 18.5. The number of aromatic nitrogens is 6. The first-order chi connectivity index (χ1) is 27.2. The number of benzene rings is 1. The van der Waals surface area contributed by atoms with Crippen molar-refractivity contribution < 1.29 is 24.0 Å². The van der Waals surface area contributed by atoms with Gasteiger partial charge in [-0.25, -0.2) is 0 Å². The average molecular weight is 822 g/mol. The Morgan fingerprint density at radius 1 is 0.667 bits per heavy atom. The molecule has 5 amide bonds. The molecule has 0 aliphatic rings. The number of hydrogen-bond donors (Lipinski definition) is 7. The molecule has 0 unspecified atom stereocenters. The van der Waals surface area contributed by atoms with Gasteiger partial charge in [0, 0.05) is 102 Å². The molecule has 5 aromatic rings. The quantitative estimate of drug-likeness (QED) is 0.0413. The minimum Gasteiger partial charge on any atom is -0.388 e.